The van der Waals surface area contributed by atoms with Crippen LogP contribution in [0.1, 0.15) is 33.6 Å². The number of phenolic OH excluding ortho intramolecular Hbond substituents is 1. The molecule has 0 saturated carbocycles. The van der Waals surface area contributed by atoms with Gasteiger partial charge >= 0.3 is 0 Å². The molecule has 5 N–H and O–H groups in total. The van der Waals surface area contributed by atoms with Crippen LogP contribution in [-0.2, 0) is 48.4 Å². The fourth-order valence-corrected chi connectivity index (χ4v) is 11.4. The molecule has 0 bridgehead atoms. The molecule has 10 rings (SSSR count). The van der Waals surface area contributed by atoms with Crippen molar-refractivity contribution in [2.75, 3.05) is 26.7 Å². The molecule has 0 aliphatic heterocycles. The Kier molecular flexibility index (Phi) is 13.5. The van der Waals surface area contributed by atoms with Gasteiger partial charge in [0.2, 0.25) is 0 Å². The lowest BCUT2D eigenvalue weighted by atomic mass is 9.80. The minimum absolute atomic E-state index is 0.125. The Morgan fingerprint density at radius 3 is 1.42 bits per heavy atom. The lowest BCUT2D eigenvalue weighted by Crippen LogP contribution is -2.41. The first-order valence-electron chi connectivity index (χ1n) is 23.5. The summed E-state index contributed by atoms with van der Waals surface area (Å²) in [5.74, 6) is 0.142. The zero-order valence-corrected chi connectivity index (χ0v) is 44.8. The molecule has 0 aliphatic rings. The Bertz CT molecular complexity index is 3760. The van der Waals surface area contributed by atoms with E-state index in [1.165, 1.54) is 0 Å². The maximum Gasteiger partial charge on any atom is 0.251 e. The van der Waals surface area contributed by atoms with Crippen molar-refractivity contribution in [2.45, 2.75) is 11.1 Å². The molecule has 74 heavy (non-hydrogen) atoms. The van der Waals surface area contributed by atoms with E-state index in [4.69, 9.17) is 23.1 Å². The second-order valence-corrected chi connectivity index (χ2v) is 26.4. The molecule has 376 valence electrons. The predicted molar refractivity (Wildman–Crippen MR) is 299 cm³/mol. The third kappa shape index (κ3) is 9.40. The highest BCUT2D eigenvalue weighted by Crippen LogP contribution is 2.42. The summed E-state index contributed by atoms with van der Waals surface area (Å²) in [6.07, 6.45) is 10.2. The van der Waals surface area contributed by atoms with E-state index in [0.717, 1.165) is 71.9 Å². The maximum absolute atomic E-state index is 12.9. The van der Waals surface area contributed by atoms with Crippen molar-refractivity contribution in [3.63, 3.8) is 0 Å². The quantitative estimate of drug-likeness (QED) is 0.112. The molecular weight excluding hydrogens is 988 g/mol. The van der Waals surface area contributed by atoms with Gasteiger partial charge in [-0.05, 0) is 126 Å². The Morgan fingerprint density at radius 1 is 0.514 bits per heavy atom. The lowest BCUT2D eigenvalue weighted by Gasteiger charge is -2.31. The smallest absolute Gasteiger partial charge is 0.251 e. The van der Waals surface area contributed by atoms with Crippen molar-refractivity contribution in [3.8, 4) is 28.0 Å². The summed E-state index contributed by atoms with van der Waals surface area (Å²) in [5.41, 5.74) is 21.3. The Morgan fingerprint density at radius 2 is 0.959 bits per heavy atom. The number of pyridine rings is 3. The molecule has 2 unspecified atom stereocenters. The Hall–Kier alpha value is -7.44. The number of nitrogens with zero attached hydrogens (tertiary/aromatic N) is 7. The Balaban J connectivity index is 0.000000182. The van der Waals surface area contributed by atoms with E-state index in [2.05, 4.69) is 15.0 Å². The number of phenols is 1. The zero-order valence-electron chi connectivity index (χ0n) is 42.2. The first kappa shape index (κ1) is 51.5. The number of fused-ring (bicyclic) bond motifs is 2. The third-order valence-electron chi connectivity index (χ3n) is 13.9. The molecule has 0 amide bonds. The van der Waals surface area contributed by atoms with Crippen molar-refractivity contribution >= 4 is 58.3 Å². The zero-order chi connectivity index (χ0) is 53.1. The fourth-order valence-electron chi connectivity index (χ4n) is 9.60. The van der Waals surface area contributed by atoms with Crippen molar-refractivity contribution < 1.29 is 14.2 Å². The van der Waals surface area contributed by atoms with E-state index >= 15 is 0 Å². The van der Waals surface area contributed by atoms with E-state index in [1.807, 2.05) is 114 Å². The van der Waals surface area contributed by atoms with Gasteiger partial charge in [-0.1, -0.05) is 66.2 Å². The van der Waals surface area contributed by atoms with Gasteiger partial charge in [0.05, 0.1) is 47.5 Å². The second-order valence-electron chi connectivity index (χ2n) is 19.5. The topological polar surface area (TPSA) is 199 Å². The summed E-state index contributed by atoms with van der Waals surface area (Å²) >= 11 is 6.20. The average Bonchev–Trinajstić information content (AvgIpc) is 4.03. The van der Waals surface area contributed by atoms with Crippen molar-refractivity contribution in [1.82, 2.24) is 33.2 Å². The number of aromatic hydroxyl groups is 1. The van der Waals surface area contributed by atoms with Crippen LogP contribution in [0.15, 0.2) is 174 Å². The summed E-state index contributed by atoms with van der Waals surface area (Å²) in [6.45, 7) is 6.88. The molecule has 5 aromatic carbocycles. The van der Waals surface area contributed by atoms with Gasteiger partial charge in [0, 0.05) is 84.7 Å². The molecule has 14 nitrogen and oxygen atoms in total. The largest absolute Gasteiger partial charge is 0.508 e. The fraction of sp³-hybridized carbons (Fsp3) is 0.175. The first-order chi connectivity index (χ1) is 35.0. The molecule has 5 heterocycles. The molecule has 17 heteroatoms. The number of hydrogen-bond acceptors (Lipinski definition) is 10. The summed E-state index contributed by atoms with van der Waals surface area (Å²) in [7, 11) is 2.23. The van der Waals surface area contributed by atoms with Crippen LogP contribution in [0.2, 0.25) is 5.02 Å². The minimum Gasteiger partial charge on any atom is -0.508 e. The summed E-state index contributed by atoms with van der Waals surface area (Å²) in [4.78, 5) is 38.8. The second kappa shape index (κ2) is 19.4. The van der Waals surface area contributed by atoms with Crippen LogP contribution < -0.4 is 33.2 Å². The van der Waals surface area contributed by atoms with Gasteiger partial charge in [-0.15, -0.1) is 0 Å². The van der Waals surface area contributed by atoms with Gasteiger partial charge < -0.3 is 44.0 Å². The van der Waals surface area contributed by atoms with Gasteiger partial charge in [0.15, 0.2) is 0 Å². The van der Waals surface area contributed by atoms with Gasteiger partial charge in [-0.3, -0.25) is 14.6 Å². The maximum atomic E-state index is 12.9. The molecule has 0 spiro atoms. The number of halogens is 1. The monoisotopic (exact) mass is 1040 g/mol. The van der Waals surface area contributed by atoms with E-state index < -0.39 is 25.4 Å². The van der Waals surface area contributed by atoms with Gasteiger partial charge in [0.1, 0.15) is 31.1 Å². The van der Waals surface area contributed by atoms with E-state index in [0.29, 0.717) is 21.5 Å². The standard InChI is InChI=1S/C29H28ClN4O2P.C28H28N5O3P/c1-33-18-32-17-27(33)29(31,20-8-11-22(30)12-9-20)21-10-13-26-25(15-21)24(16-28(35)34(26)2)19-6-5-7-23(14-19)37(3,4)36;1-32-17-31-16-26(32)28(29,19-5-8-21(34)9-6-19)20-7-10-25-24(12-20)23(13-27(35)33(25)2)18-11-22(15-30-14-18)37(3,4)36/h5-18H,31H2,1-4H3;5-17,34H,29H2,1-4H3. The highest BCUT2D eigenvalue weighted by atomic mass is 35.5. The van der Waals surface area contributed by atoms with Crippen LogP contribution >= 0.6 is 25.9 Å². The normalized spacial score (nSPS) is 13.6. The van der Waals surface area contributed by atoms with Crippen LogP contribution in [0.5, 0.6) is 5.75 Å². The number of aromatic nitrogens is 7. The average molecular weight is 1040 g/mol. The molecule has 0 saturated heterocycles. The SMILES string of the molecule is Cn1cncc1C(N)(c1ccc(Cl)cc1)c1ccc2c(c1)c(-c1cccc(P(C)(C)=O)c1)cc(=O)n2C.Cn1cncc1C(N)(c1ccc(O)cc1)c1ccc2c(c1)c(-c1cncc(P(C)(C)=O)c1)cc(=O)n2C. The number of nitrogens with two attached hydrogens (primary N) is 2. The summed E-state index contributed by atoms with van der Waals surface area (Å²) in [5, 5.41) is 13.6. The molecule has 0 aliphatic carbocycles. The van der Waals surface area contributed by atoms with Crippen molar-refractivity contribution in [2.24, 2.45) is 39.7 Å². The van der Waals surface area contributed by atoms with Gasteiger partial charge in [0.25, 0.3) is 11.1 Å². The van der Waals surface area contributed by atoms with E-state index in [1.54, 1.807) is 124 Å². The number of imidazole rings is 2. The third-order valence-corrected chi connectivity index (χ3v) is 17.2. The molecule has 5 aromatic heterocycles. The van der Waals surface area contributed by atoms with Crippen LogP contribution in [0.4, 0.5) is 0 Å². The minimum atomic E-state index is -2.56. The number of rotatable bonds is 10. The first-order valence-corrected chi connectivity index (χ1v) is 29.1. The number of aryl methyl sites for hydroxylation is 4. The molecular formula is C57H56ClN9O5P2. The van der Waals surface area contributed by atoms with E-state index in [9.17, 15) is 23.8 Å². The van der Waals surface area contributed by atoms with Crippen LogP contribution in [-0.4, -0.2) is 65.0 Å². The van der Waals surface area contributed by atoms with E-state index in [-0.39, 0.29) is 16.9 Å². The van der Waals surface area contributed by atoms with Crippen molar-refractivity contribution in [1.29, 1.82) is 0 Å². The molecule has 0 radical (unpaired) electrons. The summed E-state index contributed by atoms with van der Waals surface area (Å²) < 4.78 is 32.6. The highest BCUT2D eigenvalue weighted by molar-refractivity contribution is 7.70. The highest BCUT2D eigenvalue weighted by Gasteiger charge is 2.37. The lowest BCUT2D eigenvalue weighted by molar-refractivity contribution is 0.474. The van der Waals surface area contributed by atoms with Crippen LogP contribution in [0.3, 0.4) is 0 Å². The van der Waals surface area contributed by atoms with Crippen LogP contribution in [0, 0.1) is 0 Å². The molecule has 0 fully saturated rings. The van der Waals surface area contributed by atoms with Gasteiger partial charge in [-0.25, -0.2) is 9.97 Å². The Labute approximate surface area is 433 Å². The van der Waals surface area contributed by atoms with Crippen LogP contribution in [0.25, 0.3) is 44.1 Å². The molecule has 2 atom stereocenters. The van der Waals surface area contributed by atoms with Gasteiger partial charge in [-0.2, -0.15) is 0 Å². The molecule has 10 aromatic rings. The number of hydrogen-bond donors (Lipinski definition) is 3. The predicted octanol–water partition coefficient (Wildman–Crippen LogP) is 8.63. The number of benzene rings is 5. The summed E-state index contributed by atoms with van der Waals surface area (Å²) in [6, 6.07) is 38.6. The van der Waals surface area contributed by atoms with Crippen molar-refractivity contribution in [3.05, 3.63) is 224 Å².